The van der Waals surface area contributed by atoms with Gasteiger partial charge in [0.15, 0.2) is 0 Å². The van der Waals surface area contributed by atoms with Gasteiger partial charge >= 0.3 is 0 Å². The summed E-state index contributed by atoms with van der Waals surface area (Å²) < 4.78 is 28.0. The van der Waals surface area contributed by atoms with Crippen molar-refractivity contribution in [2.45, 2.75) is 24.7 Å². The first kappa shape index (κ1) is 18.7. The van der Waals surface area contributed by atoms with Crippen molar-refractivity contribution >= 4 is 38.6 Å². The minimum absolute atomic E-state index is 0.0101. The van der Waals surface area contributed by atoms with Crippen molar-refractivity contribution in [3.8, 4) is 0 Å². The van der Waals surface area contributed by atoms with Crippen LogP contribution in [0.1, 0.15) is 27.2 Å². The van der Waals surface area contributed by atoms with Gasteiger partial charge in [0.25, 0.3) is 15.9 Å². The SMILES string of the molecule is Cc1cccc(S(=O)(=O)Nc2ccc3c(c2)CCCN3C(=O)c2cccs2)c1. The molecule has 0 fully saturated rings. The zero-order valence-electron chi connectivity index (χ0n) is 15.4. The molecule has 1 amide bonds. The summed E-state index contributed by atoms with van der Waals surface area (Å²) in [6, 6.07) is 15.9. The molecule has 2 aromatic carbocycles. The molecule has 0 unspecified atom stereocenters. The van der Waals surface area contributed by atoms with E-state index in [2.05, 4.69) is 4.72 Å². The number of fused-ring (bicyclic) bond motifs is 1. The van der Waals surface area contributed by atoms with Crippen LogP contribution in [0.4, 0.5) is 11.4 Å². The molecule has 1 N–H and O–H groups in total. The van der Waals surface area contributed by atoms with E-state index in [1.54, 1.807) is 29.2 Å². The van der Waals surface area contributed by atoms with Crippen LogP contribution in [0.15, 0.2) is 64.9 Å². The van der Waals surface area contributed by atoms with E-state index in [0.717, 1.165) is 29.7 Å². The number of rotatable bonds is 4. The maximum atomic E-state index is 12.8. The van der Waals surface area contributed by atoms with Gasteiger partial charge in [0.1, 0.15) is 0 Å². The van der Waals surface area contributed by atoms with Crippen LogP contribution < -0.4 is 9.62 Å². The third-order valence-electron chi connectivity index (χ3n) is 4.73. The highest BCUT2D eigenvalue weighted by molar-refractivity contribution is 7.92. The number of anilines is 2. The van der Waals surface area contributed by atoms with E-state index in [1.807, 2.05) is 42.6 Å². The van der Waals surface area contributed by atoms with Crippen LogP contribution in [0.2, 0.25) is 0 Å². The number of benzene rings is 2. The lowest BCUT2D eigenvalue weighted by molar-refractivity contribution is 0.0989. The van der Waals surface area contributed by atoms with E-state index in [0.29, 0.717) is 17.1 Å². The number of carbonyl (C=O) groups excluding carboxylic acids is 1. The first-order valence-corrected chi connectivity index (χ1v) is 11.4. The van der Waals surface area contributed by atoms with Crippen molar-refractivity contribution in [3.05, 3.63) is 76.0 Å². The molecule has 0 radical (unpaired) electrons. The summed E-state index contributed by atoms with van der Waals surface area (Å²) in [5.41, 5.74) is 3.21. The van der Waals surface area contributed by atoms with Crippen molar-refractivity contribution in [1.82, 2.24) is 0 Å². The van der Waals surface area contributed by atoms with Crippen molar-refractivity contribution in [1.29, 1.82) is 0 Å². The Labute approximate surface area is 168 Å². The average Bonchev–Trinajstić information content (AvgIpc) is 3.21. The predicted octanol–water partition coefficient (Wildman–Crippen LogP) is 4.45. The smallest absolute Gasteiger partial charge is 0.268 e. The van der Waals surface area contributed by atoms with Crippen LogP contribution in [0.3, 0.4) is 0 Å². The Morgan fingerprint density at radius 3 is 2.71 bits per heavy atom. The van der Waals surface area contributed by atoms with Gasteiger partial charge in [-0.15, -0.1) is 11.3 Å². The van der Waals surface area contributed by atoms with Gasteiger partial charge in [-0.3, -0.25) is 9.52 Å². The Hall–Kier alpha value is -2.64. The lowest BCUT2D eigenvalue weighted by Gasteiger charge is -2.29. The van der Waals surface area contributed by atoms with Crippen molar-refractivity contribution < 1.29 is 13.2 Å². The van der Waals surface area contributed by atoms with Gasteiger partial charge in [0.2, 0.25) is 0 Å². The molecule has 5 nitrogen and oxygen atoms in total. The summed E-state index contributed by atoms with van der Waals surface area (Å²) in [4.78, 5) is 15.5. The zero-order chi connectivity index (χ0) is 19.7. The zero-order valence-corrected chi connectivity index (χ0v) is 17.0. The quantitative estimate of drug-likeness (QED) is 0.688. The molecule has 0 aliphatic carbocycles. The standard InChI is InChI=1S/C21H20N2O3S2/c1-15-5-2-7-18(13-15)28(25,26)22-17-9-10-19-16(14-17)6-3-11-23(19)21(24)20-8-4-12-27-20/h2,4-5,7-10,12-14,22H,3,6,11H2,1H3. The maximum absolute atomic E-state index is 12.8. The number of thiophene rings is 1. The fraction of sp³-hybridized carbons (Fsp3) is 0.190. The number of carbonyl (C=O) groups is 1. The highest BCUT2D eigenvalue weighted by Crippen LogP contribution is 2.32. The number of nitrogens with one attached hydrogen (secondary N) is 1. The summed E-state index contributed by atoms with van der Waals surface area (Å²) in [5.74, 6) is -0.0101. The van der Waals surface area contributed by atoms with Gasteiger partial charge in [-0.2, -0.15) is 0 Å². The van der Waals surface area contributed by atoms with Crippen molar-refractivity contribution in [2.24, 2.45) is 0 Å². The minimum Gasteiger partial charge on any atom is -0.307 e. The second-order valence-electron chi connectivity index (χ2n) is 6.80. The fourth-order valence-electron chi connectivity index (χ4n) is 3.40. The molecule has 0 spiro atoms. The van der Waals surface area contributed by atoms with Crippen molar-refractivity contribution in [3.63, 3.8) is 0 Å². The second-order valence-corrected chi connectivity index (χ2v) is 9.43. The number of aryl methyl sites for hydroxylation is 2. The van der Waals surface area contributed by atoms with Crippen LogP contribution >= 0.6 is 11.3 Å². The molecule has 0 saturated heterocycles. The molecule has 0 bridgehead atoms. The maximum Gasteiger partial charge on any atom is 0.268 e. The second kappa shape index (κ2) is 7.41. The van der Waals surface area contributed by atoms with Crippen LogP contribution in [-0.4, -0.2) is 20.9 Å². The summed E-state index contributed by atoms with van der Waals surface area (Å²) in [6.45, 7) is 2.52. The summed E-state index contributed by atoms with van der Waals surface area (Å²) in [7, 11) is -3.66. The molecule has 4 rings (SSSR count). The first-order chi connectivity index (χ1) is 13.4. The van der Waals surface area contributed by atoms with E-state index >= 15 is 0 Å². The summed E-state index contributed by atoms with van der Waals surface area (Å²) in [6.07, 6.45) is 1.65. The number of nitrogens with zero attached hydrogens (tertiary/aromatic N) is 1. The Balaban J connectivity index is 1.61. The number of sulfonamides is 1. The Kier molecular flexibility index (Phi) is 4.95. The largest absolute Gasteiger partial charge is 0.307 e. The van der Waals surface area contributed by atoms with Gasteiger partial charge in [-0.05, 0) is 72.7 Å². The summed E-state index contributed by atoms with van der Waals surface area (Å²) in [5, 5.41) is 1.89. The molecule has 7 heteroatoms. The third-order valence-corrected chi connectivity index (χ3v) is 6.96. The van der Waals surface area contributed by atoms with E-state index in [9.17, 15) is 13.2 Å². The number of hydrogen-bond acceptors (Lipinski definition) is 4. The Bertz CT molecular complexity index is 1120. The van der Waals surface area contributed by atoms with Gasteiger partial charge in [-0.1, -0.05) is 18.2 Å². The van der Waals surface area contributed by atoms with Crippen LogP contribution in [0.25, 0.3) is 0 Å². The molecular weight excluding hydrogens is 392 g/mol. The molecular formula is C21H20N2O3S2. The minimum atomic E-state index is -3.66. The Morgan fingerprint density at radius 2 is 1.96 bits per heavy atom. The van der Waals surface area contributed by atoms with Crippen LogP contribution in [-0.2, 0) is 16.4 Å². The number of amides is 1. The first-order valence-electron chi connectivity index (χ1n) is 9.02. The monoisotopic (exact) mass is 412 g/mol. The molecule has 144 valence electrons. The normalized spacial score (nSPS) is 13.8. The lowest BCUT2D eigenvalue weighted by atomic mass is 10.0. The van der Waals surface area contributed by atoms with E-state index < -0.39 is 10.0 Å². The van der Waals surface area contributed by atoms with Crippen molar-refractivity contribution in [2.75, 3.05) is 16.2 Å². The molecule has 1 aliphatic heterocycles. The number of hydrogen-bond donors (Lipinski definition) is 1. The van der Waals surface area contributed by atoms with E-state index in [1.165, 1.54) is 11.3 Å². The highest BCUT2D eigenvalue weighted by Gasteiger charge is 2.25. The highest BCUT2D eigenvalue weighted by atomic mass is 32.2. The predicted molar refractivity (Wildman–Crippen MR) is 113 cm³/mol. The molecule has 1 aromatic heterocycles. The van der Waals surface area contributed by atoms with Crippen LogP contribution in [0, 0.1) is 6.92 Å². The van der Waals surface area contributed by atoms with E-state index in [4.69, 9.17) is 0 Å². The molecule has 0 atom stereocenters. The molecule has 3 aromatic rings. The molecule has 1 aliphatic rings. The van der Waals surface area contributed by atoms with Crippen LogP contribution in [0.5, 0.6) is 0 Å². The fourth-order valence-corrected chi connectivity index (χ4v) is 5.23. The summed E-state index contributed by atoms with van der Waals surface area (Å²) >= 11 is 1.43. The van der Waals surface area contributed by atoms with Gasteiger partial charge in [0, 0.05) is 17.9 Å². The molecule has 28 heavy (non-hydrogen) atoms. The van der Waals surface area contributed by atoms with Gasteiger partial charge in [-0.25, -0.2) is 8.42 Å². The molecule has 2 heterocycles. The Morgan fingerprint density at radius 1 is 1.11 bits per heavy atom. The van der Waals surface area contributed by atoms with Gasteiger partial charge < -0.3 is 4.90 Å². The molecule has 0 saturated carbocycles. The topological polar surface area (TPSA) is 66.5 Å². The van der Waals surface area contributed by atoms with Gasteiger partial charge in [0.05, 0.1) is 9.77 Å². The lowest BCUT2D eigenvalue weighted by Crippen LogP contribution is -2.35. The van der Waals surface area contributed by atoms with E-state index in [-0.39, 0.29) is 10.8 Å². The average molecular weight is 413 g/mol. The third kappa shape index (κ3) is 3.68.